The van der Waals surface area contributed by atoms with Crippen molar-refractivity contribution in [2.75, 3.05) is 20.6 Å². The zero-order valence-electron chi connectivity index (χ0n) is 29.8. The van der Waals surface area contributed by atoms with Gasteiger partial charge in [-0.15, -0.1) is 0 Å². The molecule has 248 valence electrons. The van der Waals surface area contributed by atoms with Crippen molar-refractivity contribution < 1.29 is 0 Å². The van der Waals surface area contributed by atoms with E-state index in [1.165, 1.54) is 225 Å². The Bertz CT molecular complexity index is 408. The van der Waals surface area contributed by atoms with Crippen molar-refractivity contribution in [3.8, 4) is 0 Å². The Balaban J connectivity index is 3.46. The van der Waals surface area contributed by atoms with Crippen LogP contribution in [0, 0.1) is 5.92 Å². The summed E-state index contributed by atoms with van der Waals surface area (Å²) in [6.07, 6.45) is 50.0. The van der Waals surface area contributed by atoms with Gasteiger partial charge < -0.3 is 4.90 Å². The van der Waals surface area contributed by atoms with Gasteiger partial charge in [-0.1, -0.05) is 219 Å². The lowest BCUT2D eigenvalue weighted by molar-refractivity contribution is 0.286. The summed E-state index contributed by atoms with van der Waals surface area (Å²) in [5.41, 5.74) is 0. The summed E-state index contributed by atoms with van der Waals surface area (Å²) >= 11 is 0. The van der Waals surface area contributed by atoms with E-state index in [0.717, 1.165) is 5.92 Å². The Morgan fingerprint density at radius 1 is 0.293 bits per heavy atom. The van der Waals surface area contributed by atoms with Gasteiger partial charge in [-0.05, 0) is 32.9 Å². The molecule has 0 unspecified atom stereocenters. The van der Waals surface area contributed by atoms with Crippen molar-refractivity contribution in [3.63, 3.8) is 0 Å². The van der Waals surface area contributed by atoms with Crippen LogP contribution in [0.3, 0.4) is 0 Å². The molecule has 0 aromatic heterocycles. The van der Waals surface area contributed by atoms with Crippen LogP contribution >= 0.6 is 0 Å². The standard InChI is InChI=1S/C40H83N/c1-5-7-9-11-13-15-17-19-21-23-25-27-29-31-33-35-37-40(39-41(3)4)38-36-34-32-30-28-26-24-22-20-18-16-14-12-10-8-6-2/h40H,5-39H2,1-4H3. The summed E-state index contributed by atoms with van der Waals surface area (Å²) in [5.74, 6) is 0.934. The topological polar surface area (TPSA) is 3.24 Å². The van der Waals surface area contributed by atoms with Crippen molar-refractivity contribution in [2.45, 2.75) is 232 Å². The van der Waals surface area contributed by atoms with Crippen LogP contribution in [0.15, 0.2) is 0 Å². The molecule has 0 N–H and O–H groups in total. The van der Waals surface area contributed by atoms with Crippen LogP contribution in [0.1, 0.15) is 232 Å². The summed E-state index contributed by atoms with van der Waals surface area (Å²) < 4.78 is 0. The Morgan fingerprint density at radius 2 is 0.488 bits per heavy atom. The van der Waals surface area contributed by atoms with Crippen LogP contribution < -0.4 is 0 Å². The largest absolute Gasteiger partial charge is 0.309 e. The normalized spacial score (nSPS) is 11.9. The van der Waals surface area contributed by atoms with Crippen LogP contribution in [0.5, 0.6) is 0 Å². The average molecular weight is 578 g/mol. The predicted octanol–water partition coefficient (Wildman–Crippen LogP) is 14.5. The van der Waals surface area contributed by atoms with E-state index >= 15 is 0 Å². The maximum Gasteiger partial charge on any atom is 0.000356 e. The number of rotatable bonds is 36. The highest BCUT2D eigenvalue weighted by atomic mass is 15.1. The maximum atomic E-state index is 2.43. The first-order chi connectivity index (χ1) is 20.2. The first-order valence-electron chi connectivity index (χ1n) is 19.8. The quantitative estimate of drug-likeness (QED) is 0.0669. The molecule has 0 aliphatic rings. The summed E-state index contributed by atoms with van der Waals surface area (Å²) in [4.78, 5) is 2.43. The smallest absolute Gasteiger partial charge is 0.000356 e. The summed E-state index contributed by atoms with van der Waals surface area (Å²) in [7, 11) is 4.54. The van der Waals surface area contributed by atoms with Crippen LogP contribution in [-0.2, 0) is 0 Å². The maximum absolute atomic E-state index is 2.43. The SMILES string of the molecule is CCCCCCCCCCCCCCCCCCC(CCCCCCCCCCCCCCCCCC)CN(C)C. The molecule has 0 rings (SSSR count). The molecule has 0 amide bonds. The van der Waals surface area contributed by atoms with Gasteiger partial charge in [-0.25, -0.2) is 0 Å². The van der Waals surface area contributed by atoms with Crippen LogP contribution in [0.4, 0.5) is 0 Å². The fourth-order valence-corrected chi connectivity index (χ4v) is 6.81. The van der Waals surface area contributed by atoms with E-state index in [2.05, 4.69) is 32.8 Å². The third-order valence-electron chi connectivity index (χ3n) is 9.56. The molecule has 0 radical (unpaired) electrons. The third kappa shape index (κ3) is 36.1. The second-order valence-corrected chi connectivity index (χ2v) is 14.3. The lowest BCUT2D eigenvalue weighted by Gasteiger charge is -2.21. The molecule has 0 bridgehead atoms. The van der Waals surface area contributed by atoms with Crippen molar-refractivity contribution in [1.29, 1.82) is 0 Å². The predicted molar refractivity (Wildman–Crippen MR) is 190 cm³/mol. The highest BCUT2D eigenvalue weighted by Gasteiger charge is 2.10. The summed E-state index contributed by atoms with van der Waals surface area (Å²) in [6, 6.07) is 0. The molecule has 0 heterocycles. The van der Waals surface area contributed by atoms with E-state index in [9.17, 15) is 0 Å². The molecule has 41 heavy (non-hydrogen) atoms. The van der Waals surface area contributed by atoms with Crippen molar-refractivity contribution in [1.82, 2.24) is 4.90 Å². The van der Waals surface area contributed by atoms with E-state index in [1.54, 1.807) is 0 Å². The average Bonchev–Trinajstić information content (AvgIpc) is 2.96. The minimum Gasteiger partial charge on any atom is -0.309 e. The highest BCUT2D eigenvalue weighted by Crippen LogP contribution is 2.21. The van der Waals surface area contributed by atoms with Crippen molar-refractivity contribution in [2.24, 2.45) is 5.92 Å². The van der Waals surface area contributed by atoms with E-state index in [1.807, 2.05) is 0 Å². The number of nitrogens with zero attached hydrogens (tertiary/aromatic N) is 1. The summed E-state index contributed by atoms with van der Waals surface area (Å²) in [6.45, 7) is 5.92. The Hall–Kier alpha value is -0.0400. The van der Waals surface area contributed by atoms with Crippen LogP contribution in [0.25, 0.3) is 0 Å². The van der Waals surface area contributed by atoms with Gasteiger partial charge in [0.25, 0.3) is 0 Å². The lowest BCUT2D eigenvalue weighted by atomic mass is 9.93. The first kappa shape index (κ1) is 41.0. The Kier molecular flexibility index (Phi) is 36.1. The molecule has 0 spiro atoms. The molecule has 1 heteroatoms. The van der Waals surface area contributed by atoms with Gasteiger partial charge in [0.1, 0.15) is 0 Å². The molecule has 0 aliphatic carbocycles. The Labute approximate surface area is 263 Å². The van der Waals surface area contributed by atoms with Gasteiger partial charge in [0.2, 0.25) is 0 Å². The fraction of sp³-hybridized carbons (Fsp3) is 1.00. The number of unbranched alkanes of at least 4 members (excludes halogenated alkanes) is 30. The highest BCUT2D eigenvalue weighted by molar-refractivity contribution is 4.64. The number of hydrogen-bond acceptors (Lipinski definition) is 1. The van der Waals surface area contributed by atoms with E-state index in [0.29, 0.717) is 0 Å². The molecule has 0 aromatic carbocycles. The third-order valence-corrected chi connectivity index (χ3v) is 9.56. The van der Waals surface area contributed by atoms with Crippen molar-refractivity contribution in [3.05, 3.63) is 0 Å². The molecular formula is C40H83N. The fourth-order valence-electron chi connectivity index (χ4n) is 6.81. The van der Waals surface area contributed by atoms with Crippen LogP contribution in [0.2, 0.25) is 0 Å². The van der Waals surface area contributed by atoms with Gasteiger partial charge >= 0.3 is 0 Å². The first-order valence-corrected chi connectivity index (χ1v) is 19.8. The van der Waals surface area contributed by atoms with Gasteiger partial charge in [0, 0.05) is 6.54 Å². The van der Waals surface area contributed by atoms with Crippen LogP contribution in [-0.4, -0.2) is 25.5 Å². The minimum atomic E-state index is 0.934. The molecule has 0 fully saturated rings. The monoisotopic (exact) mass is 578 g/mol. The van der Waals surface area contributed by atoms with Gasteiger partial charge in [-0.2, -0.15) is 0 Å². The molecule has 0 aromatic rings. The molecule has 0 saturated heterocycles. The van der Waals surface area contributed by atoms with E-state index in [4.69, 9.17) is 0 Å². The van der Waals surface area contributed by atoms with Gasteiger partial charge in [0.05, 0.1) is 0 Å². The molecular weight excluding hydrogens is 494 g/mol. The lowest BCUT2D eigenvalue weighted by Crippen LogP contribution is -2.21. The van der Waals surface area contributed by atoms with E-state index in [-0.39, 0.29) is 0 Å². The molecule has 0 aliphatic heterocycles. The molecule has 0 saturated carbocycles. The summed E-state index contributed by atoms with van der Waals surface area (Å²) in [5, 5.41) is 0. The van der Waals surface area contributed by atoms with Gasteiger partial charge in [-0.3, -0.25) is 0 Å². The second-order valence-electron chi connectivity index (χ2n) is 14.3. The minimum absolute atomic E-state index is 0.934. The second kappa shape index (κ2) is 36.2. The van der Waals surface area contributed by atoms with Crippen molar-refractivity contribution >= 4 is 0 Å². The number of hydrogen-bond donors (Lipinski definition) is 0. The zero-order valence-corrected chi connectivity index (χ0v) is 29.8. The zero-order chi connectivity index (χ0) is 29.9. The van der Waals surface area contributed by atoms with E-state index < -0.39 is 0 Å². The Morgan fingerprint density at radius 3 is 0.683 bits per heavy atom. The molecule has 0 atom stereocenters. The molecule has 1 nitrogen and oxygen atoms in total. The van der Waals surface area contributed by atoms with Gasteiger partial charge in [0.15, 0.2) is 0 Å².